The lowest BCUT2D eigenvalue weighted by Gasteiger charge is -2.08. The number of rotatable bonds is 6. The lowest BCUT2D eigenvalue weighted by Crippen LogP contribution is -2.15. The smallest absolute Gasteiger partial charge is 0.227 e. The summed E-state index contributed by atoms with van der Waals surface area (Å²) in [5.41, 5.74) is 0.814. The number of thioether (sulfide) groups is 1. The molecule has 0 bridgehead atoms. The SMILES string of the molecule is CSc1cccc(NC(=O)CCOc2cccc(Br)c2)c1. The molecule has 0 fully saturated rings. The molecule has 5 heteroatoms. The van der Waals surface area contributed by atoms with E-state index in [1.54, 1.807) is 11.8 Å². The van der Waals surface area contributed by atoms with Gasteiger partial charge in [0.1, 0.15) is 5.75 Å². The molecule has 21 heavy (non-hydrogen) atoms. The van der Waals surface area contributed by atoms with Gasteiger partial charge < -0.3 is 10.1 Å². The Balaban J connectivity index is 1.79. The number of ether oxygens (including phenoxy) is 1. The van der Waals surface area contributed by atoms with Crippen LogP contribution in [0.15, 0.2) is 57.9 Å². The number of hydrogen-bond acceptors (Lipinski definition) is 3. The van der Waals surface area contributed by atoms with Crippen LogP contribution in [-0.4, -0.2) is 18.8 Å². The molecule has 0 radical (unpaired) electrons. The quantitative estimate of drug-likeness (QED) is 0.761. The molecule has 2 rings (SSSR count). The van der Waals surface area contributed by atoms with Gasteiger partial charge >= 0.3 is 0 Å². The van der Waals surface area contributed by atoms with E-state index in [9.17, 15) is 4.79 Å². The number of anilines is 1. The van der Waals surface area contributed by atoms with E-state index in [1.165, 1.54) is 0 Å². The number of hydrogen-bond donors (Lipinski definition) is 1. The molecule has 110 valence electrons. The largest absolute Gasteiger partial charge is 0.493 e. The first-order valence-electron chi connectivity index (χ1n) is 6.49. The molecule has 0 saturated heterocycles. The highest BCUT2D eigenvalue weighted by molar-refractivity contribution is 9.10. The average Bonchev–Trinajstić information content (AvgIpc) is 2.47. The molecule has 0 aliphatic rings. The van der Waals surface area contributed by atoms with Crippen LogP contribution in [0.3, 0.4) is 0 Å². The van der Waals surface area contributed by atoms with Gasteiger partial charge in [-0.2, -0.15) is 0 Å². The monoisotopic (exact) mass is 365 g/mol. The number of nitrogens with one attached hydrogen (secondary N) is 1. The van der Waals surface area contributed by atoms with Gasteiger partial charge in [0, 0.05) is 15.1 Å². The maximum atomic E-state index is 11.9. The van der Waals surface area contributed by atoms with Crippen LogP contribution < -0.4 is 10.1 Å². The molecule has 2 aromatic carbocycles. The Labute approximate surface area is 137 Å². The van der Waals surface area contributed by atoms with Crippen LogP contribution in [0.5, 0.6) is 5.75 Å². The van der Waals surface area contributed by atoms with Crippen molar-refractivity contribution in [3.8, 4) is 5.75 Å². The summed E-state index contributed by atoms with van der Waals surface area (Å²) in [4.78, 5) is 13.0. The summed E-state index contributed by atoms with van der Waals surface area (Å²) >= 11 is 5.03. The van der Waals surface area contributed by atoms with Crippen LogP contribution in [0.2, 0.25) is 0 Å². The minimum absolute atomic E-state index is 0.0525. The molecule has 0 aromatic heterocycles. The minimum Gasteiger partial charge on any atom is -0.493 e. The lowest BCUT2D eigenvalue weighted by atomic mass is 10.3. The molecule has 0 aliphatic heterocycles. The maximum absolute atomic E-state index is 11.9. The molecule has 2 aromatic rings. The van der Waals surface area contributed by atoms with Crippen LogP contribution in [0, 0.1) is 0 Å². The molecular formula is C16H16BrNO2S. The zero-order chi connectivity index (χ0) is 15.1. The van der Waals surface area contributed by atoms with Crippen molar-refractivity contribution in [3.63, 3.8) is 0 Å². The molecule has 0 heterocycles. The molecule has 0 unspecified atom stereocenters. The first-order chi connectivity index (χ1) is 10.2. The van der Waals surface area contributed by atoms with Crippen LogP contribution in [0.1, 0.15) is 6.42 Å². The first kappa shape index (κ1) is 15.9. The van der Waals surface area contributed by atoms with Gasteiger partial charge in [-0.05, 0) is 42.7 Å². The van der Waals surface area contributed by atoms with Crippen LogP contribution in [-0.2, 0) is 4.79 Å². The standard InChI is InChI=1S/C16H16BrNO2S/c1-21-15-7-3-5-13(11-15)18-16(19)8-9-20-14-6-2-4-12(17)10-14/h2-7,10-11H,8-9H2,1H3,(H,18,19). The Kier molecular flexibility index (Phi) is 6.14. The number of carbonyl (C=O) groups excluding carboxylic acids is 1. The van der Waals surface area contributed by atoms with E-state index in [0.29, 0.717) is 13.0 Å². The molecule has 1 amide bonds. The lowest BCUT2D eigenvalue weighted by molar-refractivity contribution is -0.116. The van der Waals surface area contributed by atoms with Gasteiger partial charge in [0.2, 0.25) is 5.91 Å². The third-order valence-corrected chi connectivity index (χ3v) is 3.97. The Morgan fingerprint density at radius 2 is 2.05 bits per heavy atom. The van der Waals surface area contributed by atoms with E-state index >= 15 is 0 Å². The molecule has 3 nitrogen and oxygen atoms in total. The van der Waals surface area contributed by atoms with Crippen LogP contribution in [0.4, 0.5) is 5.69 Å². The predicted molar refractivity (Wildman–Crippen MR) is 91.1 cm³/mol. The molecule has 0 aliphatic carbocycles. The maximum Gasteiger partial charge on any atom is 0.227 e. The zero-order valence-corrected chi connectivity index (χ0v) is 14.0. The average molecular weight is 366 g/mol. The second-order valence-electron chi connectivity index (χ2n) is 4.34. The van der Waals surface area contributed by atoms with Gasteiger partial charge in [-0.1, -0.05) is 28.1 Å². The van der Waals surface area contributed by atoms with E-state index in [-0.39, 0.29) is 5.91 Å². The number of amides is 1. The highest BCUT2D eigenvalue weighted by Crippen LogP contribution is 2.19. The van der Waals surface area contributed by atoms with Crippen molar-refractivity contribution in [2.45, 2.75) is 11.3 Å². The summed E-state index contributed by atoms with van der Waals surface area (Å²) in [6.45, 7) is 0.352. The zero-order valence-electron chi connectivity index (χ0n) is 11.6. The summed E-state index contributed by atoms with van der Waals surface area (Å²) in [5.74, 6) is 0.699. The van der Waals surface area contributed by atoms with E-state index in [0.717, 1.165) is 20.8 Å². The van der Waals surface area contributed by atoms with Gasteiger partial charge in [0.05, 0.1) is 13.0 Å². The Hall–Kier alpha value is -1.46. The predicted octanol–water partition coefficient (Wildman–Crippen LogP) is 4.58. The van der Waals surface area contributed by atoms with Crippen molar-refractivity contribution < 1.29 is 9.53 Å². The highest BCUT2D eigenvalue weighted by Gasteiger charge is 2.04. The van der Waals surface area contributed by atoms with Crippen LogP contribution in [0.25, 0.3) is 0 Å². The summed E-state index contributed by atoms with van der Waals surface area (Å²) in [6, 6.07) is 15.3. The molecule has 0 atom stereocenters. The number of carbonyl (C=O) groups is 1. The van der Waals surface area contributed by atoms with Gasteiger partial charge in [-0.3, -0.25) is 4.79 Å². The topological polar surface area (TPSA) is 38.3 Å². The van der Waals surface area contributed by atoms with E-state index in [4.69, 9.17) is 4.74 Å². The normalized spacial score (nSPS) is 10.2. The van der Waals surface area contributed by atoms with Crippen molar-refractivity contribution in [2.24, 2.45) is 0 Å². The summed E-state index contributed by atoms with van der Waals surface area (Å²) in [6.07, 6.45) is 2.32. The fourth-order valence-corrected chi connectivity index (χ4v) is 2.58. The van der Waals surface area contributed by atoms with Crippen molar-refractivity contribution in [1.29, 1.82) is 0 Å². The second-order valence-corrected chi connectivity index (χ2v) is 6.13. The fourth-order valence-electron chi connectivity index (χ4n) is 1.74. The summed E-state index contributed by atoms with van der Waals surface area (Å²) in [5, 5.41) is 2.87. The summed E-state index contributed by atoms with van der Waals surface area (Å²) < 4.78 is 6.50. The summed E-state index contributed by atoms with van der Waals surface area (Å²) in [7, 11) is 0. The number of benzene rings is 2. The van der Waals surface area contributed by atoms with E-state index in [1.807, 2.05) is 54.8 Å². The molecule has 0 saturated carbocycles. The number of halogens is 1. The highest BCUT2D eigenvalue weighted by atomic mass is 79.9. The van der Waals surface area contributed by atoms with Crippen LogP contribution >= 0.6 is 27.7 Å². The molecule has 0 spiro atoms. The third-order valence-electron chi connectivity index (χ3n) is 2.75. The Bertz CT molecular complexity index is 619. The molecular weight excluding hydrogens is 350 g/mol. The Morgan fingerprint density at radius 1 is 1.24 bits per heavy atom. The van der Waals surface area contributed by atoms with E-state index in [2.05, 4.69) is 21.2 Å². The van der Waals surface area contributed by atoms with Gasteiger partial charge in [-0.15, -0.1) is 11.8 Å². The van der Waals surface area contributed by atoms with E-state index < -0.39 is 0 Å². The Morgan fingerprint density at radius 3 is 2.81 bits per heavy atom. The van der Waals surface area contributed by atoms with Crippen molar-refractivity contribution in [1.82, 2.24) is 0 Å². The third kappa shape index (κ3) is 5.44. The fraction of sp³-hybridized carbons (Fsp3) is 0.188. The van der Waals surface area contributed by atoms with Gasteiger partial charge in [0.15, 0.2) is 0 Å². The van der Waals surface area contributed by atoms with Crippen molar-refractivity contribution in [2.75, 3.05) is 18.2 Å². The first-order valence-corrected chi connectivity index (χ1v) is 8.51. The second kappa shape index (κ2) is 8.10. The minimum atomic E-state index is -0.0525. The van der Waals surface area contributed by atoms with Gasteiger partial charge in [-0.25, -0.2) is 0 Å². The van der Waals surface area contributed by atoms with Crippen molar-refractivity contribution in [3.05, 3.63) is 53.0 Å². The molecule has 1 N–H and O–H groups in total. The van der Waals surface area contributed by atoms with Gasteiger partial charge in [0.25, 0.3) is 0 Å². The van der Waals surface area contributed by atoms with Crippen molar-refractivity contribution >= 4 is 39.3 Å².